The largest absolute Gasteiger partial charge is 0.573 e. The lowest BCUT2D eigenvalue weighted by atomic mass is 9.95. The molecule has 5 rings (SSSR count). The Morgan fingerprint density at radius 3 is 2.44 bits per heavy atom. The molecule has 3 aromatic rings. The highest BCUT2D eigenvalue weighted by molar-refractivity contribution is 5.99. The Morgan fingerprint density at radius 1 is 1.09 bits per heavy atom. The number of likely N-dealkylation sites (tertiary alicyclic amines) is 1. The lowest BCUT2D eigenvalue weighted by Crippen LogP contribution is -2.46. The van der Waals surface area contributed by atoms with Gasteiger partial charge in [-0.1, -0.05) is 19.1 Å². The first kappa shape index (κ1) is 30.7. The summed E-state index contributed by atoms with van der Waals surface area (Å²) in [5.74, 6) is -11.0. The summed E-state index contributed by atoms with van der Waals surface area (Å²) in [4.78, 5) is 15.6. The van der Waals surface area contributed by atoms with Gasteiger partial charge in [0.05, 0.1) is 36.3 Å². The molecule has 2 unspecified atom stereocenters. The van der Waals surface area contributed by atoms with Crippen LogP contribution >= 0.6 is 0 Å². The topological polar surface area (TPSA) is 97.7 Å². The summed E-state index contributed by atoms with van der Waals surface area (Å²) >= 11 is 0. The number of hydrogen-bond acceptors (Lipinski definition) is 7. The van der Waals surface area contributed by atoms with E-state index in [1.54, 1.807) is 6.92 Å². The molecule has 232 valence electrons. The van der Waals surface area contributed by atoms with Crippen molar-refractivity contribution in [1.82, 2.24) is 15.1 Å². The highest BCUT2D eigenvalue weighted by Crippen LogP contribution is 2.45. The standard InChI is InChI=1S/C27H25F8N5O3/c1-2-39-12-15(9-25(29,30)13-39)22-37-38-23(42-22)17-7-21-18(8-19(17)28)26(31,32)10-20(36)24(41)40(21)11-14-3-5-16(6-4-14)43-27(33,34)35/h3-8,15,20H,2,9-13,36H2,1H3. The van der Waals surface area contributed by atoms with Gasteiger partial charge in [0.1, 0.15) is 11.6 Å². The van der Waals surface area contributed by atoms with Gasteiger partial charge < -0.3 is 19.8 Å². The third-order valence-corrected chi connectivity index (χ3v) is 7.27. The van der Waals surface area contributed by atoms with Crippen molar-refractivity contribution in [2.45, 2.75) is 56.5 Å². The van der Waals surface area contributed by atoms with Crippen LogP contribution in [0.4, 0.5) is 40.8 Å². The van der Waals surface area contributed by atoms with Gasteiger partial charge in [0.25, 0.3) is 17.7 Å². The smallest absolute Gasteiger partial charge is 0.420 e. The number of likely N-dealkylation sites (N-methyl/N-ethyl adjacent to an activating group) is 1. The van der Waals surface area contributed by atoms with E-state index >= 15 is 13.2 Å². The average molecular weight is 620 g/mol. The molecule has 2 aliphatic rings. The molecule has 8 nitrogen and oxygen atoms in total. The van der Waals surface area contributed by atoms with E-state index < -0.39 is 96.3 Å². The lowest BCUT2D eigenvalue weighted by Gasteiger charge is -2.35. The molecule has 16 heteroatoms. The zero-order valence-corrected chi connectivity index (χ0v) is 22.5. The quantitative estimate of drug-likeness (QED) is 0.360. The van der Waals surface area contributed by atoms with E-state index in [2.05, 4.69) is 14.9 Å². The van der Waals surface area contributed by atoms with Crippen LogP contribution in [0.3, 0.4) is 0 Å². The fraction of sp³-hybridized carbons (Fsp3) is 0.444. The van der Waals surface area contributed by atoms with Crippen molar-refractivity contribution in [2.24, 2.45) is 5.73 Å². The van der Waals surface area contributed by atoms with Crippen molar-refractivity contribution >= 4 is 11.6 Å². The molecule has 2 aromatic carbocycles. The van der Waals surface area contributed by atoms with Gasteiger partial charge in [0, 0.05) is 24.9 Å². The van der Waals surface area contributed by atoms with Crippen LogP contribution in [0.25, 0.3) is 11.5 Å². The number of fused-ring (bicyclic) bond motifs is 1. The van der Waals surface area contributed by atoms with E-state index in [0.717, 1.165) is 23.1 Å². The molecular formula is C27H25F8N5O3. The number of nitrogens with two attached hydrogens (primary N) is 1. The second-order valence-corrected chi connectivity index (χ2v) is 10.5. The number of benzene rings is 2. The summed E-state index contributed by atoms with van der Waals surface area (Å²) in [7, 11) is 0. The number of halogens is 8. The van der Waals surface area contributed by atoms with Crippen molar-refractivity contribution in [3.8, 4) is 17.2 Å². The van der Waals surface area contributed by atoms with E-state index in [0.29, 0.717) is 12.6 Å². The molecule has 1 fully saturated rings. The Bertz CT molecular complexity index is 1490. The van der Waals surface area contributed by atoms with E-state index in [4.69, 9.17) is 10.2 Å². The number of anilines is 1. The van der Waals surface area contributed by atoms with Gasteiger partial charge in [0.15, 0.2) is 0 Å². The van der Waals surface area contributed by atoms with Crippen LogP contribution in [0.2, 0.25) is 0 Å². The van der Waals surface area contributed by atoms with Crippen molar-refractivity contribution in [2.75, 3.05) is 24.5 Å². The number of alkyl halides is 7. The van der Waals surface area contributed by atoms with E-state index in [9.17, 15) is 26.7 Å². The van der Waals surface area contributed by atoms with Crippen molar-refractivity contribution in [1.29, 1.82) is 0 Å². The van der Waals surface area contributed by atoms with Crippen molar-refractivity contribution in [3.05, 3.63) is 59.2 Å². The number of ether oxygens (including phenoxy) is 1. The van der Waals surface area contributed by atoms with E-state index in [1.807, 2.05) is 0 Å². The van der Waals surface area contributed by atoms with Gasteiger partial charge in [0.2, 0.25) is 11.8 Å². The molecule has 0 radical (unpaired) electrons. The van der Waals surface area contributed by atoms with Gasteiger partial charge in [-0.25, -0.2) is 22.0 Å². The van der Waals surface area contributed by atoms with Crippen molar-refractivity contribution < 1.29 is 49.1 Å². The van der Waals surface area contributed by atoms with Gasteiger partial charge in [-0.3, -0.25) is 9.69 Å². The molecular weight excluding hydrogens is 594 g/mol. The number of hydrogen-bond donors (Lipinski definition) is 1. The Labute approximate surface area is 239 Å². The number of carbonyl (C=O) groups is 1. The van der Waals surface area contributed by atoms with E-state index in [-0.39, 0.29) is 18.0 Å². The maximum atomic E-state index is 15.3. The van der Waals surface area contributed by atoms with Gasteiger partial charge in [-0.05, 0) is 36.4 Å². The minimum absolute atomic E-state index is 0.180. The van der Waals surface area contributed by atoms with Crippen LogP contribution in [0.1, 0.15) is 42.7 Å². The first-order valence-electron chi connectivity index (χ1n) is 13.1. The van der Waals surface area contributed by atoms with Gasteiger partial charge in [-0.2, -0.15) is 0 Å². The molecule has 0 saturated carbocycles. The molecule has 0 spiro atoms. The minimum Gasteiger partial charge on any atom is -0.420 e. The fourth-order valence-electron chi connectivity index (χ4n) is 5.28. The van der Waals surface area contributed by atoms with Crippen LogP contribution in [0.5, 0.6) is 5.75 Å². The van der Waals surface area contributed by atoms with Gasteiger partial charge in [-0.15, -0.1) is 23.4 Å². The SMILES string of the molecule is CCN1CC(c2nnc(-c3cc4c(cc3F)C(F)(F)CC(N)C(=O)N4Cc3ccc(OC(F)(F)F)cc3)o2)CC(F)(F)C1. The molecule has 1 saturated heterocycles. The molecule has 0 bridgehead atoms. The summed E-state index contributed by atoms with van der Waals surface area (Å²) in [5, 5.41) is 7.58. The van der Waals surface area contributed by atoms with Crippen molar-refractivity contribution in [3.63, 3.8) is 0 Å². The maximum Gasteiger partial charge on any atom is 0.573 e. The third-order valence-electron chi connectivity index (χ3n) is 7.27. The Hall–Kier alpha value is -3.79. The highest BCUT2D eigenvalue weighted by Gasteiger charge is 2.46. The second-order valence-electron chi connectivity index (χ2n) is 10.5. The molecule has 0 aliphatic carbocycles. The van der Waals surface area contributed by atoms with Crippen LogP contribution in [-0.4, -0.2) is 59.0 Å². The third kappa shape index (κ3) is 6.59. The summed E-state index contributed by atoms with van der Waals surface area (Å²) in [6, 6.07) is 4.05. The van der Waals surface area contributed by atoms with Crippen LogP contribution < -0.4 is 15.4 Å². The van der Waals surface area contributed by atoms with Crippen LogP contribution in [0, 0.1) is 5.82 Å². The van der Waals surface area contributed by atoms with E-state index in [1.165, 1.54) is 17.0 Å². The molecule has 43 heavy (non-hydrogen) atoms. The molecule has 3 heterocycles. The number of nitrogens with zero attached hydrogens (tertiary/aromatic N) is 4. The number of aromatic nitrogens is 2. The first-order chi connectivity index (χ1) is 20.0. The highest BCUT2D eigenvalue weighted by atomic mass is 19.4. The lowest BCUT2D eigenvalue weighted by molar-refractivity contribution is -0.274. The zero-order valence-electron chi connectivity index (χ0n) is 22.5. The predicted octanol–water partition coefficient (Wildman–Crippen LogP) is 5.57. The number of amides is 1. The fourth-order valence-corrected chi connectivity index (χ4v) is 5.28. The molecule has 2 N–H and O–H groups in total. The summed E-state index contributed by atoms with van der Waals surface area (Å²) < 4.78 is 121. The molecule has 1 amide bonds. The summed E-state index contributed by atoms with van der Waals surface area (Å²) in [6.45, 7) is 1.36. The minimum atomic E-state index is -4.94. The van der Waals surface area contributed by atoms with Crippen LogP contribution in [0.15, 0.2) is 40.8 Å². The maximum absolute atomic E-state index is 15.3. The number of carbonyl (C=O) groups excluding carboxylic acids is 1. The predicted molar refractivity (Wildman–Crippen MR) is 135 cm³/mol. The number of piperidine rings is 1. The normalized spacial score (nSPS) is 22.3. The Balaban J connectivity index is 1.52. The summed E-state index contributed by atoms with van der Waals surface area (Å²) in [5.41, 5.74) is 4.21. The Morgan fingerprint density at radius 2 is 1.79 bits per heavy atom. The van der Waals surface area contributed by atoms with Gasteiger partial charge >= 0.3 is 6.36 Å². The number of rotatable bonds is 6. The molecule has 2 atom stereocenters. The first-order valence-corrected chi connectivity index (χ1v) is 13.1. The Kier molecular flexibility index (Phi) is 7.88. The van der Waals surface area contributed by atoms with Crippen LogP contribution in [-0.2, 0) is 17.3 Å². The monoisotopic (exact) mass is 619 g/mol. The molecule has 1 aromatic heterocycles. The zero-order chi connectivity index (χ0) is 31.3. The average Bonchev–Trinajstić information content (AvgIpc) is 3.38. The molecule has 2 aliphatic heterocycles. The summed E-state index contributed by atoms with van der Waals surface area (Å²) in [6.07, 6.45) is -6.67. The second kappa shape index (κ2) is 11.0.